The van der Waals surface area contributed by atoms with Gasteiger partial charge < -0.3 is 0 Å². The number of carbonyl (C=O) groups excluding carboxylic acids is 1. The van der Waals surface area contributed by atoms with Gasteiger partial charge in [-0.2, -0.15) is 9.41 Å². The lowest BCUT2D eigenvalue weighted by Crippen LogP contribution is -2.44. The Kier molecular flexibility index (Phi) is 5.98. The molecule has 0 saturated carbocycles. The van der Waals surface area contributed by atoms with E-state index >= 15 is 0 Å². The number of carbonyl (C=O) groups is 1. The lowest BCUT2D eigenvalue weighted by atomic mass is 9.99. The van der Waals surface area contributed by atoms with Gasteiger partial charge in [0.25, 0.3) is 0 Å². The molecule has 1 aliphatic heterocycles. The second-order valence-corrected chi connectivity index (χ2v) is 8.36. The van der Waals surface area contributed by atoms with Gasteiger partial charge in [-0.15, -0.1) is 0 Å². The largest absolute Gasteiger partial charge is 0.273 e. The molecule has 1 unspecified atom stereocenters. The first-order valence-corrected chi connectivity index (χ1v) is 10.2. The molecule has 1 amide bonds. The molecular weight excluding hydrogens is 364 g/mol. The number of sulfonamides is 1. The molecule has 0 aliphatic carbocycles. The minimum absolute atomic E-state index is 0.160. The molecule has 7 nitrogen and oxygen atoms in total. The quantitative estimate of drug-likeness (QED) is 0.629. The Hall–Kier alpha value is -2.58. The van der Waals surface area contributed by atoms with Crippen molar-refractivity contribution in [1.29, 1.82) is 0 Å². The molecule has 0 radical (unpaired) electrons. The molecule has 0 spiro atoms. The predicted octanol–water partition coefficient (Wildman–Crippen LogP) is 2.02. The Morgan fingerprint density at radius 1 is 1.19 bits per heavy atom. The fourth-order valence-electron chi connectivity index (χ4n) is 3.00. The highest BCUT2D eigenvalue weighted by Crippen LogP contribution is 2.23. The number of nitrogens with zero attached hydrogens (tertiary/aromatic N) is 3. The number of hydrogen-bond acceptors (Lipinski definition) is 5. The molecule has 1 N–H and O–H groups in total. The second-order valence-electron chi connectivity index (χ2n) is 6.42. The number of rotatable bonds is 5. The summed E-state index contributed by atoms with van der Waals surface area (Å²) in [6.45, 7) is 2.37. The molecule has 1 atom stereocenters. The van der Waals surface area contributed by atoms with Crippen molar-refractivity contribution in [3.63, 3.8) is 0 Å². The van der Waals surface area contributed by atoms with Crippen molar-refractivity contribution in [2.24, 2.45) is 11.0 Å². The summed E-state index contributed by atoms with van der Waals surface area (Å²) in [7, 11) is -3.59. The van der Waals surface area contributed by atoms with E-state index in [1.165, 1.54) is 4.31 Å². The maximum absolute atomic E-state index is 12.8. The molecule has 3 rings (SSSR count). The fraction of sp³-hybridized carbons (Fsp3) is 0.316. The molecule has 8 heteroatoms. The van der Waals surface area contributed by atoms with Crippen LogP contribution in [-0.4, -0.2) is 42.4 Å². The fourth-order valence-corrected chi connectivity index (χ4v) is 4.55. The first-order valence-electron chi connectivity index (χ1n) is 8.78. The number of benzene rings is 1. The van der Waals surface area contributed by atoms with Crippen LogP contribution in [0.15, 0.2) is 64.9 Å². The molecule has 1 aromatic heterocycles. The highest BCUT2D eigenvalue weighted by Gasteiger charge is 2.33. The smallest absolute Gasteiger partial charge is 0.244 e. The van der Waals surface area contributed by atoms with Gasteiger partial charge in [0.2, 0.25) is 15.9 Å². The molecular formula is C19H22N4O3S. The van der Waals surface area contributed by atoms with Crippen molar-refractivity contribution >= 4 is 21.6 Å². The van der Waals surface area contributed by atoms with Crippen molar-refractivity contribution in [3.8, 4) is 0 Å². The van der Waals surface area contributed by atoms with Crippen LogP contribution < -0.4 is 5.43 Å². The number of pyridine rings is 1. The Labute approximate surface area is 159 Å². The van der Waals surface area contributed by atoms with Crippen molar-refractivity contribution in [2.75, 3.05) is 13.1 Å². The summed E-state index contributed by atoms with van der Waals surface area (Å²) in [5.41, 5.74) is 4.10. The Morgan fingerprint density at radius 3 is 2.59 bits per heavy atom. The van der Waals surface area contributed by atoms with Crippen molar-refractivity contribution < 1.29 is 13.2 Å². The third-order valence-electron chi connectivity index (χ3n) is 4.57. The van der Waals surface area contributed by atoms with Crippen molar-refractivity contribution in [2.45, 2.75) is 24.7 Å². The highest BCUT2D eigenvalue weighted by molar-refractivity contribution is 7.89. The number of aromatic nitrogens is 1. The molecule has 142 valence electrons. The van der Waals surface area contributed by atoms with Crippen LogP contribution in [-0.2, 0) is 14.8 Å². The van der Waals surface area contributed by atoms with Gasteiger partial charge in [-0.1, -0.05) is 18.2 Å². The van der Waals surface area contributed by atoms with Crippen LogP contribution in [0.5, 0.6) is 0 Å². The second kappa shape index (κ2) is 8.41. The SMILES string of the molecule is C/C(=N/NC(=O)C1CCCN(S(=O)(=O)c2ccccc2)C1)c1ccncc1. The summed E-state index contributed by atoms with van der Waals surface area (Å²) in [5.74, 6) is -0.692. The van der Waals surface area contributed by atoms with Crippen LogP contribution >= 0.6 is 0 Å². The first-order chi connectivity index (χ1) is 13.0. The van der Waals surface area contributed by atoms with Gasteiger partial charge in [0.05, 0.1) is 16.5 Å². The van der Waals surface area contributed by atoms with Gasteiger partial charge in [0, 0.05) is 31.0 Å². The maximum Gasteiger partial charge on any atom is 0.244 e. The molecule has 27 heavy (non-hydrogen) atoms. The van der Waals surface area contributed by atoms with Crippen LogP contribution in [0.2, 0.25) is 0 Å². The third-order valence-corrected chi connectivity index (χ3v) is 6.45. The summed E-state index contributed by atoms with van der Waals surface area (Å²) in [5, 5.41) is 4.14. The average molecular weight is 386 g/mol. The zero-order valence-corrected chi connectivity index (χ0v) is 15.9. The first kappa shape index (κ1) is 19.2. The van der Waals surface area contributed by atoms with Gasteiger partial charge in [0.1, 0.15) is 0 Å². The zero-order chi connectivity index (χ0) is 19.3. The molecule has 1 aromatic carbocycles. The molecule has 2 aromatic rings. The number of nitrogens with one attached hydrogen (secondary N) is 1. The van der Waals surface area contributed by atoms with Gasteiger partial charge in [-0.05, 0) is 44.0 Å². The highest BCUT2D eigenvalue weighted by atomic mass is 32.2. The predicted molar refractivity (Wildman–Crippen MR) is 103 cm³/mol. The van der Waals surface area contributed by atoms with E-state index in [0.29, 0.717) is 25.1 Å². The zero-order valence-electron chi connectivity index (χ0n) is 15.1. The van der Waals surface area contributed by atoms with E-state index in [2.05, 4.69) is 15.5 Å². The Morgan fingerprint density at radius 2 is 1.89 bits per heavy atom. The van der Waals surface area contributed by atoms with Gasteiger partial charge >= 0.3 is 0 Å². The minimum atomic E-state index is -3.59. The summed E-state index contributed by atoms with van der Waals surface area (Å²) in [4.78, 5) is 16.7. The normalized spacial score (nSPS) is 18.9. The lowest BCUT2D eigenvalue weighted by Gasteiger charge is -2.30. The van der Waals surface area contributed by atoms with E-state index in [9.17, 15) is 13.2 Å². The van der Waals surface area contributed by atoms with E-state index in [-0.39, 0.29) is 17.3 Å². The van der Waals surface area contributed by atoms with E-state index in [4.69, 9.17) is 0 Å². The van der Waals surface area contributed by atoms with E-state index in [0.717, 1.165) is 5.56 Å². The molecule has 1 saturated heterocycles. The standard InChI is InChI=1S/C19H22N4O3S/c1-15(16-9-11-20-12-10-16)21-22-19(24)17-6-5-13-23(14-17)27(25,26)18-7-3-2-4-8-18/h2-4,7-12,17H,5-6,13-14H2,1H3,(H,22,24)/b21-15-. The van der Waals surface area contributed by atoms with Crippen LogP contribution in [0.1, 0.15) is 25.3 Å². The number of hydrazone groups is 1. The van der Waals surface area contributed by atoms with Gasteiger partial charge in [-0.3, -0.25) is 9.78 Å². The van der Waals surface area contributed by atoms with E-state index in [1.54, 1.807) is 61.8 Å². The minimum Gasteiger partial charge on any atom is -0.273 e. The Balaban J connectivity index is 1.66. The summed E-state index contributed by atoms with van der Waals surface area (Å²) in [6.07, 6.45) is 4.58. The van der Waals surface area contributed by atoms with E-state index in [1.807, 2.05) is 0 Å². The molecule has 1 aliphatic rings. The molecule has 0 bridgehead atoms. The molecule has 2 heterocycles. The van der Waals surface area contributed by atoms with Crippen LogP contribution in [0.3, 0.4) is 0 Å². The van der Waals surface area contributed by atoms with Crippen molar-refractivity contribution in [3.05, 3.63) is 60.4 Å². The van der Waals surface area contributed by atoms with E-state index < -0.39 is 15.9 Å². The third kappa shape index (κ3) is 4.58. The number of piperidine rings is 1. The average Bonchev–Trinajstić information content (AvgIpc) is 2.73. The van der Waals surface area contributed by atoms with Crippen LogP contribution in [0.4, 0.5) is 0 Å². The number of hydrogen-bond donors (Lipinski definition) is 1. The maximum atomic E-state index is 12.8. The summed E-state index contributed by atoms with van der Waals surface area (Å²) < 4.78 is 26.9. The summed E-state index contributed by atoms with van der Waals surface area (Å²) in [6, 6.07) is 11.9. The lowest BCUT2D eigenvalue weighted by molar-refractivity contribution is -0.126. The summed E-state index contributed by atoms with van der Waals surface area (Å²) >= 11 is 0. The van der Waals surface area contributed by atoms with Gasteiger partial charge in [-0.25, -0.2) is 13.8 Å². The monoisotopic (exact) mass is 386 g/mol. The van der Waals surface area contributed by atoms with Crippen LogP contribution in [0.25, 0.3) is 0 Å². The van der Waals surface area contributed by atoms with Crippen molar-refractivity contribution in [1.82, 2.24) is 14.7 Å². The molecule has 1 fully saturated rings. The van der Waals surface area contributed by atoms with Crippen LogP contribution in [0, 0.1) is 5.92 Å². The topological polar surface area (TPSA) is 91.7 Å². The number of amides is 1. The van der Waals surface area contributed by atoms with Gasteiger partial charge in [0.15, 0.2) is 0 Å². The Bertz CT molecular complexity index is 914.